The van der Waals surface area contributed by atoms with Crippen LogP contribution in [0, 0.1) is 0 Å². The molecule has 1 aromatic carbocycles. The number of rotatable bonds is 2. The van der Waals surface area contributed by atoms with E-state index >= 15 is 0 Å². The molecule has 0 bridgehead atoms. The number of fused-ring (bicyclic) bond motifs is 4. The molecular weight excluding hydrogens is 324 g/mol. The van der Waals surface area contributed by atoms with Gasteiger partial charge >= 0.3 is 11.7 Å². The third kappa shape index (κ3) is 2.16. The minimum atomic E-state index is -0.941. The highest BCUT2D eigenvalue weighted by Crippen LogP contribution is 2.38. The van der Waals surface area contributed by atoms with Crippen molar-refractivity contribution in [1.29, 1.82) is 0 Å². The molecule has 1 aliphatic heterocycles. The van der Waals surface area contributed by atoms with Crippen LogP contribution in [0.4, 0.5) is 4.79 Å². The van der Waals surface area contributed by atoms with Crippen LogP contribution in [0.25, 0.3) is 15.2 Å². The van der Waals surface area contributed by atoms with Crippen LogP contribution >= 0.6 is 11.3 Å². The molecule has 0 fully saturated rings. The predicted molar refractivity (Wildman–Crippen MR) is 80.6 cm³/mol. The summed E-state index contributed by atoms with van der Waals surface area (Å²) in [6, 6.07) is 3.50. The van der Waals surface area contributed by atoms with Crippen molar-refractivity contribution in [2.75, 3.05) is 13.4 Å². The smallest absolute Gasteiger partial charge is 0.454 e. The third-order valence-corrected chi connectivity index (χ3v) is 4.27. The molecule has 0 radical (unpaired) electrons. The van der Waals surface area contributed by atoms with Crippen molar-refractivity contribution < 1.29 is 23.7 Å². The molecule has 4 rings (SSSR count). The van der Waals surface area contributed by atoms with Gasteiger partial charge < -0.3 is 18.9 Å². The summed E-state index contributed by atoms with van der Waals surface area (Å²) in [7, 11) is 0. The van der Waals surface area contributed by atoms with Crippen LogP contribution < -0.4 is 19.8 Å². The fraction of sp³-hybridized carbons (Fsp3) is 0.214. The SMILES string of the molecule is CCOC(=O)Oc1cnc2sc3cc4c(cc3n2c1=O)OCO4. The normalized spacial score (nSPS) is 12.7. The highest BCUT2D eigenvalue weighted by molar-refractivity contribution is 7.23. The van der Waals surface area contributed by atoms with E-state index < -0.39 is 11.7 Å². The quantitative estimate of drug-likeness (QED) is 0.664. The molecule has 1 aliphatic rings. The number of hydrogen-bond donors (Lipinski definition) is 0. The Morgan fingerprint density at radius 1 is 1.39 bits per heavy atom. The average molecular weight is 334 g/mol. The van der Waals surface area contributed by atoms with Crippen molar-refractivity contribution in [3.63, 3.8) is 0 Å². The summed E-state index contributed by atoms with van der Waals surface area (Å²) < 4.78 is 22.4. The largest absolute Gasteiger partial charge is 0.514 e. The van der Waals surface area contributed by atoms with Crippen molar-refractivity contribution in [3.8, 4) is 17.2 Å². The van der Waals surface area contributed by atoms with Crippen LogP contribution in [0.1, 0.15) is 6.92 Å². The summed E-state index contributed by atoms with van der Waals surface area (Å²) in [5.41, 5.74) is 0.120. The van der Waals surface area contributed by atoms with E-state index in [0.717, 1.165) is 4.70 Å². The number of aromatic nitrogens is 2. The molecule has 118 valence electrons. The zero-order valence-corrected chi connectivity index (χ0v) is 12.7. The number of thiazole rings is 1. The van der Waals surface area contributed by atoms with E-state index in [4.69, 9.17) is 14.2 Å². The van der Waals surface area contributed by atoms with Crippen molar-refractivity contribution in [2.24, 2.45) is 0 Å². The Hall–Kier alpha value is -2.81. The fourth-order valence-electron chi connectivity index (χ4n) is 2.28. The Bertz CT molecular complexity index is 992. The number of hydrogen-bond acceptors (Lipinski definition) is 8. The summed E-state index contributed by atoms with van der Waals surface area (Å²) in [6.07, 6.45) is 0.272. The summed E-state index contributed by atoms with van der Waals surface area (Å²) >= 11 is 1.32. The molecule has 0 unspecified atom stereocenters. The Balaban J connectivity index is 1.89. The lowest BCUT2D eigenvalue weighted by Crippen LogP contribution is -2.20. The second kappa shape index (κ2) is 5.13. The second-order valence-electron chi connectivity index (χ2n) is 4.61. The van der Waals surface area contributed by atoms with Crippen LogP contribution in [0.15, 0.2) is 23.1 Å². The number of carbonyl (C=O) groups is 1. The van der Waals surface area contributed by atoms with Crippen molar-refractivity contribution in [2.45, 2.75) is 6.92 Å². The number of ether oxygens (including phenoxy) is 4. The van der Waals surface area contributed by atoms with Crippen LogP contribution in [0.3, 0.4) is 0 Å². The maximum Gasteiger partial charge on any atom is 0.514 e. The van der Waals surface area contributed by atoms with Gasteiger partial charge in [-0.2, -0.15) is 0 Å². The van der Waals surface area contributed by atoms with Gasteiger partial charge in [-0.05, 0) is 6.92 Å². The molecule has 3 heterocycles. The minimum absolute atomic E-state index is 0.148. The van der Waals surface area contributed by atoms with E-state index in [9.17, 15) is 9.59 Å². The number of carbonyl (C=O) groups excluding carboxylic acids is 1. The zero-order chi connectivity index (χ0) is 16.0. The van der Waals surface area contributed by atoms with Crippen LogP contribution in [-0.4, -0.2) is 28.9 Å². The van der Waals surface area contributed by atoms with Crippen LogP contribution in [-0.2, 0) is 4.74 Å². The monoisotopic (exact) mass is 334 g/mol. The average Bonchev–Trinajstić information content (AvgIpc) is 3.11. The minimum Gasteiger partial charge on any atom is -0.454 e. The standard InChI is InChI=1S/C14H10N2O6S/c1-2-19-14(18)22-10-5-15-13-16(12(10)17)7-3-8-9(21-6-20-8)4-11(7)23-13/h3-5H,2,6H2,1H3. The summed E-state index contributed by atoms with van der Waals surface area (Å²) in [5, 5.41) is 0. The van der Waals surface area contributed by atoms with Crippen molar-refractivity contribution in [1.82, 2.24) is 9.38 Å². The molecule has 23 heavy (non-hydrogen) atoms. The summed E-state index contributed by atoms with van der Waals surface area (Å²) in [4.78, 5) is 28.6. The molecule has 9 heteroatoms. The number of benzene rings is 1. The maximum absolute atomic E-state index is 12.6. The molecule has 0 aliphatic carbocycles. The topological polar surface area (TPSA) is 88.4 Å². The Kier molecular flexibility index (Phi) is 3.08. The van der Waals surface area contributed by atoms with Crippen LogP contribution in [0.2, 0.25) is 0 Å². The lowest BCUT2D eigenvalue weighted by Gasteiger charge is -2.03. The van der Waals surface area contributed by atoms with Gasteiger partial charge in [0.25, 0.3) is 0 Å². The first kappa shape index (κ1) is 13.8. The summed E-state index contributed by atoms with van der Waals surface area (Å²) in [6.45, 7) is 1.94. The Morgan fingerprint density at radius 3 is 2.96 bits per heavy atom. The van der Waals surface area contributed by atoms with Crippen molar-refractivity contribution >= 4 is 32.7 Å². The van der Waals surface area contributed by atoms with E-state index in [2.05, 4.69) is 9.72 Å². The first-order valence-corrected chi connectivity index (χ1v) is 7.57. The summed E-state index contributed by atoms with van der Waals surface area (Å²) in [5.74, 6) is 0.985. The molecule has 3 aromatic rings. The van der Waals surface area contributed by atoms with Gasteiger partial charge in [-0.1, -0.05) is 11.3 Å². The molecule has 0 saturated heterocycles. The molecule has 0 amide bonds. The lowest BCUT2D eigenvalue weighted by molar-refractivity contribution is 0.103. The maximum atomic E-state index is 12.6. The lowest BCUT2D eigenvalue weighted by atomic mass is 10.3. The molecule has 2 aromatic heterocycles. The van der Waals surface area contributed by atoms with Crippen molar-refractivity contribution in [3.05, 3.63) is 28.7 Å². The van der Waals surface area contributed by atoms with Gasteiger partial charge in [0.15, 0.2) is 16.5 Å². The fourth-order valence-corrected chi connectivity index (χ4v) is 3.28. The molecule has 0 N–H and O–H groups in total. The predicted octanol–water partition coefficient (Wildman–Crippen LogP) is 2.17. The van der Waals surface area contributed by atoms with Crippen LogP contribution in [0.5, 0.6) is 17.2 Å². The Labute approximate surface area is 132 Å². The van der Waals surface area contributed by atoms with E-state index in [-0.39, 0.29) is 19.1 Å². The number of nitrogens with zero attached hydrogens (tertiary/aromatic N) is 2. The van der Waals surface area contributed by atoms with Gasteiger partial charge in [-0.3, -0.25) is 4.79 Å². The van der Waals surface area contributed by atoms with E-state index in [1.807, 2.05) is 0 Å². The van der Waals surface area contributed by atoms with Gasteiger partial charge in [-0.15, -0.1) is 0 Å². The van der Waals surface area contributed by atoms with Gasteiger partial charge in [0.1, 0.15) is 0 Å². The van der Waals surface area contributed by atoms with Gasteiger partial charge in [-0.25, -0.2) is 14.2 Å². The highest BCUT2D eigenvalue weighted by atomic mass is 32.1. The molecule has 8 nitrogen and oxygen atoms in total. The highest BCUT2D eigenvalue weighted by Gasteiger charge is 2.20. The van der Waals surface area contributed by atoms with E-state index in [1.165, 1.54) is 21.9 Å². The third-order valence-electron chi connectivity index (χ3n) is 3.25. The van der Waals surface area contributed by atoms with Gasteiger partial charge in [0, 0.05) is 12.1 Å². The molecular formula is C14H10N2O6S. The Morgan fingerprint density at radius 2 is 2.17 bits per heavy atom. The zero-order valence-electron chi connectivity index (χ0n) is 11.9. The second-order valence-corrected chi connectivity index (χ2v) is 5.62. The molecule has 0 saturated carbocycles. The van der Waals surface area contributed by atoms with E-state index in [1.54, 1.807) is 19.1 Å². The van der Waals surface area contributed by atoms with Gasteiger partial charge in [0.05, 0.1) is 23.0 Å². The first-order chi connectivity index (χ1) is 11.2. The first-order valence-electron chi connectivity index (χ1n) is 6.76. The molecule has 0 atom stereocenters. The van der Waals surface area contributed by atoms with Gasteiger partial charge in [0.2, 0.25) is 12.5 Å². The molecule has 0 spiro atoms. The van der Waals surface area contributed by atoms with E-state index in [0.29, 0.717) is 22.0 Å².